The first kappa shape index (κ1) is 19.6. The van der Waals surface area contributed by atoms with Gasteiger partial charge in [-0.15, -0.1) is 0 Å². The molecule has 0 saturated carbocycles. The Labute approximate surface area is 168 Å². The summed E-state index contributed by atoms with van der Waals surface area (Å²) in [5.74, 6) is 0.740. The van der Waals surface area contributed by atoms with Crippen molar-refractivity contribution in [3.63, 3.8) is 0 Å². The molecule has 0 atom stereocenters. The predicted octanol–water partition coefficient (Wildman–Crippen LogP) is 4.65. The van der Waals surface area contributed by atoms with Gasteiger partial charge in [-0.25, -0.2) is 13.1 Å². The number of sulfonamides is 1. The van der Waals surface area contributed by atoms with Crippen molar-refractivity contribution in [3.05, 3.63) is 82.8 Å². The van der Waals surface area contributed by atoms with Crippen LogP contribution in [-0.2, 0) is 16.4 Å². The third-order valence-electron chi connectivity index (χ3n) is 4.20. The summed E-state index contributed by atoms with van der Waals surface area (Å²) >= 11 is 3.43. The monoisotopic (exact) mass is 445 g/mol. The molecular weight excluding hydrogens is 426 g/mol. The second kappa shape index (κ2) is 8.69. The second-order valence-corrected chi connectivity index (χ2v) is 8.68. The van der Waals surface area contributed by atoms with Crippen molar-refractivity contribution in [1.82, 2.24) is 4.72 Å². The van der Waals surface area contributed by atoms with E-state index in [9.17, 15) is 8.42 Å². The molecule has 0 saturated heterocycles. The molecule has 3 aromatic carbocycles. The lowest BCUT2D eigenvalue weighted by Crippen LogP contribution is -2.26. The first-order valence-corrected chi connectivity index (χ1v) is 10.7. The van der Waals surface area contributed by atoms with Crippen LogP contribution in [0.5, 0.6) is 5.75 Å². The van der Waals surface area contributed by atoms with E-state index >= 15 is 0 Å². The zero-order valence-electron chi connectivity index (χ0n) is 14.9. The molecule has 0 radical (unpaired) electrons. The van der Waals surface area contributed by atoms with E-state index in [4.69, 9.17) is 4.74 Å². The lowest BCUT2D eigenvalue weighted by atomic mass is 10.1. The van der Waals surface area contributed by atoms with Crippen LogP contribution in [0.25, 0.3) is 11.1 Å². The molecule has 6 heteroatoms. The minimum Gasteiger partial charge on any atom is -0.496 e. The normalized spacial score (nSPS) is 11.3. The molecule has 0 aliphatic rings. The number of hydrogen-bond acceptors (Lipinski definition) is 3. The molecular formula is C21H20BrNO3S. The number of benzene rings is 3. The highest BCUT2D eigenvalue weighted by atomic mass is 79.9. The largest absolute Gasteiger partial charge is 0.496 e. The average molecular weight is 446 g/mol. The van der Waals surface area contributed by atoms with Crippen LogP contribution in [-0.4, -0.2) is 22.1 Å². The average Bonchev–Trinajstić information content (AvgIpc) is 2.69. The molecule has 0 aliphatic heterocycles. The highest BCUT2D eigenvalue weighted by Gasteiger charge is 2.14. The highest BCUT2D eigenvalue weighted by Crippen LogP contribution is 2.24. The number of halogens is 1. The minimum absolute atomic E-state index is 0.253. The third kappa shape index (κ3) is 4.97. The maximum atomic E-state index is 12.5. The summed E-state index contributed by atoms with van der Waals surface area (Å²) in [5, 5.41) is 0. The summed E-state index contributed by atoms with van der Waals surface area (Å²) in [4.78, 5) is 0.253. The van der Waals surface area contributed by atoms with Gasteiger partial charge in [-0.2, -0.15) is 0 Å². The molecule has 0 unspecified atom stereocenters. The molecule has 0 fully saturated rings. The van der Waals surface area contributed by atoms with E-state index in [1.165, 1.54) is 0 Å². The van der Waals surface area contributed by atoms with E-state index in [1.54, 1.807) is 19.2 Å². The fraction of sp³-hybridized carbons (Fsp3) is 0.143. The Bertz CT molecular complexity index is 1000. The van der Waals surface area contributed by atoms with E-state index in [-0.39, 0.29) is 11.4 Å². The number of nitrogens with one attached hydrogen (secondary N) is 1. The standard InChI is InChI=1S/C21H20BrNO3S/c1-26-21-12-9-19(22)15-18(21)13-14-23-27(24,25)20-10-7-17(8-11-20)16-5-3-2-4-6-16/h2-12,15,23H,13-14H2,1H3. The van der Waals surface area contributed by atoms with E-state index in [2.05, 4.69) is 20.7 Å². The Morgan fingerprint density at radius 3 is 2.26 bits per heavy atom. The van der Waals surface area contributed by atoms with Crippen LogP contribution in [0.2, 0.25) is 0 Å². The maximum Gasteiger partial charge on any atom is 0.240 e. The second-order valence-electron chi connectivity index (χ2n) is 5.99. The Kier molecular flexibility index (Phi) is 6.31. The number of methoxy groups -OCH3 is 1. The van der Waals surface area contributed by atoms with E-state index in [0.717, 1.165) is 26.9 Å². The van der Waals surface area contributed by atoms with Crippen molar-refractivity contribution < 1.29 is 13.2 Å². The summed E-state index contributed by atoms with van der Waals surface area (Å²) in [6, 6.07) is 22.4. The van der Waals surface area contributed by atoms with Gasteiger partial charge in [-0.1, -0.05) is 58.4 Å². The van der Waals surface area contributed by atoms with Crippen LogP contribution < -0.4 is 9.46 Å². The van der Waals surface area contributed by atoms with Gasteiger partial charge in [0, 0.05) is 11.0 Å². The Morgan fingerprint density at radius 2 is 1.59 bits per heavy atom. The van der Waals surface area contributed by atoms with Crippen LogP contribution in [0.15, 0.2) is 82.2 Å². The summed E-state index contributed by atoms with van der Waals surface area (Å²) in [6.45, 7) is 0.287. The third-order valence-corrected chi connectivity index (χ3v) is 6.17. The van der Waals surface area contributed by atoms with Gasteiger partial charge in [0.25, 0.3) is 0 Å². The molecule has 0 amide bonds. The lowest BCUT2D eigenvalue weighted by Gasteiger charge is -2.11. The van der Waals surface area contributed by atoms with E-state index in [0.29, 0.717) is 6.42 Å². The smallest absolute Gasteiger partial charge is 0.240 e. The molecule has 1 N–H and O–H groups in total. The molecule has 3 aromatic rings. The van der Waals surface area contributed by atoms with E-state index in [1.807, 2.05) is 60.7 Å². The lowest BCUT2D eigenvalue weighted by molar-refractivity contribution is 0.409. The summed E-state index contributed by atoms with van der Waals surface area (Å²) in [6.07, 6.45) is 0.532. The van der Waals surface area contributed by atoms with Crippen LogP contribution in [0.1, 0.15) is 5.56 Å². The van der Waals surface area contributed by atoms with Crippen molar-refractivity contribution >= 4 is 26.0 Å². The van der Waals surface area contributed by atoms with Gasteiger partial charge in [0.15, 0.2) is 0 Å². The highest BCUT2D eigenvalue weighted by molar-refractivity contribution is 9.10. The van der Waals surface area contributed by atoms with Gasteiger partial charge in [-0.05, 0) is 53.4 Å². The first-order chi connectivity index (χ1) is 13.0. The first-order valence-electron chi connectivity index (χ1n) is 8.47. The fourth-order valence-corrected chi connectivity index (χ4v) is 4.24. The summed E-state index contributed by atoms with van der Waals surface area (Å²) in [7, 11) is -1.96. The van der Waals surface area contributed by atoms with Crippen molar-refractivity contribution in [2.45, 2.75) is 11.3 Å². The molecule has 140 valence electrons. The molecule has 0 bridgehead atoms. The van der Waals surface area contributed by atoms with Gasteiger partial charge < -0.3 is 4.74 Å². The molecule has 0 spiro atoms. The number of rotatable bonds is 7. The summed E-state index contributed by atoms with van der Waals surface area (Å²) < 4.78 is 34.0. The van der Waals surface area contributed by atoms with E-state index < -0.39 is 10.0 Å². The van der Waals surface area contributed by atoms with Crippen molar-refractivity contribution in [2.24, 2.45) is 0 Å². The molecule has 0 aromatic heterocycles. The Hall–Kier alpha value is -2.15. The van der Waals surface area contributed by atoms with Gasteiger partial charge in [-0.3, -0.25) is 0 Å². The van der Waals surface area contributed by atoms with Crippen molar-refractivity contribution in [1.29, 1.82) is 0 Å². The molecule has 3 rings (SSSR count). The Morgan fingerprint density at radius 1 is 0.926 bits per heavy atom. The SMILES string of the molecule is COc1ccc(Br)cc1CCNS(=O)(=O)c1ccc(-c2ccccc2)cc1. The zero-order chi connectivity index (χ0) is 19.3. The molecule has 4 nitrogen and oxygen atoms in total. The van der Waals surface area contributed by atoms with Crippen LogP contribution in [0, 0.1) is 0 Å². The predicted molar refractivity (Wildman–Crippen MR) is 111 cm³/mol. The van der Waals surface area contributed by atoms with Gasteiger partial charge in [0.05, 0.1) is 12.0 Å². The zero-order valence-corrected chi connectivity index (χ0v) is 17.3. The van der Waals surface area contributed by atoms with Crippen LogP contribution in [0.3, 0.4) is 0 Å². The number of hydrogen-bond donors (Lipinski definition) is 1. The molecule has 0 heterocycles. The van der Waals surface area contributed by atoms with Crippen molar-refractivity contribution in [2.75, 3.05) is 13.7 Å². The number of ether oxygens (including phenoxy) is 1. The topological polar surface area (TPSA) is 55.4 Å². The quantitative estimate of drug-likeness (QED) is 0.575. The van der Waals surface area contributed by atoms with Crippen LogP contribution >= 0.6 is 15.9 Å². The van der Waals surface area contributed by atoms with Crippen LogP contribution in [0.4, 0.5) is 0 Å². The van der Waals surface area contributed by atoms with Gasteiger partial charge >= 0.3 is 0 Å². The molecule has 27 heavy (non-hydrogen) atoms. The Balaban J connectivity index is 1.67. The minimum atomic E-state index is -3.56. The fourth-order valence-electron chi connectivity index (χ4n) is 2.80. The van der Waals surface area contributed by atoms with Gasteiger partial charge in [0.2, 0.25) is 10.0 Å². The van der Waals surface area contributed by atoms with Gasteiger partial charge in [0.1, 0.15) is 5.75 Å². The van der Waals surface area contributed by atoms with Crippen molar-refractivity contribution in [3.8, 4) is 16.9 Å². The maximum absolute atomic E-state index is 12.5. The summed E-state index contributed by atoms with van der Waals surface area (Å²) in [5.41, 5.74) is 2.97. The molecule has 0 aliphatic carbocycles.